The Morgan fingerprint density at radius 2 is 1.85 bits per heavy atom. The predicted octanol–water partition coefficient (Wildman–Crippen LogP) is 1.86. The predicted molar refractivity (Wildman–Crippen MR) is 82.3 cm³/mol. The molecule has 0 radical (unpaired) electrons. The summed E-state index contributed by atoms with van der Waals surface area (Å²) in [6, 6.07) is 6.28. The van der Waals surface area contributed by atoms with Gasteiger partial charge in [0.15, 0.2) is 0 Å². The molecule has 0 saturated heterocycles. The third-order valence-electron chi connectivity index (χ3n) is 2.40. The van der Waals surface area contributed by atoms with Crippen LogP contribution in [0, 0.1) is 0 Å². The van der Waals surface area contributed by atoms with Gasteiger partial charge < -0.3 is 5.32 Å². The Morgan fingerprint density at radius 3 is 2.45 bits per heavy atom. The second kappa shape index (κ2) is 8.61. The summed E-state index contributed by atoms with van der Waals surface area (Å²) < 4.78 is 27.0. The lowest BCUT2D eigenvalue weighted by molar-refractivity contribution is -0.120. The van der Waals surface area contributed by atoms with Gasteiger partial charge in [0.1, 0.15) is 0 Å². The first-order valence-corrected chi connectivity index (χ1v) is 8.84. The van der Waals surface area contributed by atoms with Gasteiger partial charge in [-0.15, -0.1) is 11.6 Å². The van der Waals surface area contributed by atoms with E-state index in [4.69, 9.17) is 11.6 Å². The van der Waals surface area contributed by atoms with E-state index in [-0.39, 0.29) is 23.8 Å². The molecule has 1 rings (SSSR count). The summed E-state index contributed by atoms with van der Waals surface area (Å²) >= 11 is 8.72. The molecule has 0 saturated carbocycles. The van der Waals surface area contributed by atoms with Crippen molar-refractivity contribution in [1.82, 2.24) is 10.0 Å². The van der Waals surface area contributed by atoms with Crippen molar-refractivity contribution in [3.05, 3.63) is 28.7 Å². The van der Waals surface area contributed by atoms with Crippen molar-refractivity contribution in [3.63, 3.8) is 0 Å². The normalized spacial score (nSPS) is 11.3. The van der Waals surface area contributed by atoms with Gasteiger partial charge in [-0.3, -0.25) is 4.79 Å². The molecule has 0 fully saturated rings. The third kappa shape index (κ3) is 6.21. The summed E-state index contributed by atoms with van der Waals surface area (Å²) in [4.78, 5) is 11.6. The summed E-state index contributed by atoms with van der Waals surface area (Å²) in [6.45, 7) is 0.562. The molecule has 0 bridgehead atoms. The molecule has 0 aliphatic heterocycles. The van der Waals surface area contributed by atoms with Crippen molar-refractivity contribution < 1.29 is 13.2 Å². The molecule has 0 aliphatic carbocycles. The molecular formula is C12H16BrClN2O3S. The third-order valence-corrected chi connectivity index (χ3v) is 4.67. The maximum Gasteiger partial charge on any atom is 0.240 e. The van der Waals surface area contributed by atoms with Crippen LogP contribution in [0.15, 0.2) is 33.6 Å². The molecular weight excluding hydrogens is 368 g/mol. The highest BCUT2D eigenvalue weighted by atomic mass is 79.9. The molecule has 20 heavy (non-hydrogen) atoms. The Bertz CT molecular complexity index is 534. The molecule has 5 nitrogen and oxygen atoms in total. The number of hydrogen-bond acceptors (Lipinski definition) is 3. The lowest BCUT2D eigenvalue weighted by atomic mass is 10.4. The van der Waals surface area contributed by atoms with Gasteiger partial charge in [-0.25, -0.2) is 13.1 Å². The van der Waals surface area contributed by atoms with E-state index in [1.807, 2.05) is 0 Å². The quantitative estimate of drug-likeness (QED) is 0.531. The van der Waals surface area contributed by atoms with E-state index in [1.54, 1.807) is 12.1 Å². The van der Waals surface area contributed by atoms with Crippen molar-refractivity contribution in [3.8, 4) is 0 Å². The lowest BCUT2D eigenvalue weighted by Gasteiger charge is -2.07. The van der Waals surface area contributed by atoms with Crippen LogP contribution < -0.4 is 10.0 Å². The molecule has 1 aromatic carbocycles. The van der Waals surface area contributed by atoms with Crippen molar-refractivity contribution in [2.75, 3.05) is 19.0 Å². The Balaban J connectivity index is 2.40. The number of carbonyl (C=O) groups is 1. The molecule has 0 aliphatic rings. The number of carbonyl (C=O) groups excluding carboxylic acids is 1. The molecule has 1 amide bonds. The van der Waals surface area contributed by atoms with Gasteiger partial charge in [0.25, 0.3) is 0 Å². The topological polar surface area (TPSA) is 75.3 Å². The van der Waals surface area contributed by atoms with Gasteiger partial charge in [-0.1, -0.05) is 15.9 Å². The number of hydrogen-bond donors (Lipinski definition) is 2. The number of sulfonamides is 1. The van der Waals surface area contributed by atoms with Crippen LogP contribution in [0.3, 0.4) is 0 Å². The number of rotatable bonds is 8. The average molecular weight is 384 g/mol. The summed E-state index contributed by atoms with van der Waals surface area (Å²) in [5.41, 5.74) is 0. The first kappa shape index (κ1) is 17.4. The van der Waals surface area contributed by atoms with Crippen LogP contribution in [0.2, 0.25) is 0 Å². The maximum absolute atomic E-state index is 11.9. The monoisotopic (exact) mass is 382 g/mol. The molecule has 1 aromatic rings. The van der Waals surface area contributed by atoms with E-state index in [0.717, 1.165) is 4.47 Å². The van der Waals surface area contributed by atoms with Crippen LogP contribution in [-0.4, -0.2) is 33.3 Å². The van der Waals surface area contributed by atoms with Crippen LogP contribution in [0.5, 0.6) is 0 Å². The van der Waals surface area contributed by atoms with Gasteiger partial charge in [-0.05, 0) is 30.7 Å². The van der Waals surface area contributed by atoms with E-state index in [9.17, 15) is 13.2 Å². The summed E-state index contributed by atoms with van der Waals surface area (Å²) in [6.07, 6.45) is 0.788. The fourth-order valence-corrected chi connectivity index (χ4v) is 2.81. The zero-order valence-corrected chi connectivity index (χ0v) is 13.9. The minimum Gasteiger partial charge on any atom is -0.356 e. The fourth-order valence-electron chi connectivity index (χ4n) is 1.38. The van der Waals surface area contributed by atoms with Gasteiger partial charge >= 0.3 is 0 Å². The number of halogens is 2. The van der Waals surface area contributed by atoms with E-state index in [1.165, 1.54) is 12.1 Å². The fraction of sp³-hybridized carbons (Fsp3) is 0.417. The number of amides is 1. The van der Waals surface area contributed by atoms with Crippen molar-refractivity contribution in [1.29, 1.82) is 0 Å². The van der Waals surface area contributed by atoms with Crippen molar-refractivity contribution in [2.24, 2.45) is 0 Å². The first-order valence-electron chi connectivity index (χ1n) is 6.03. The zero-order chi connectivity index (χ0) is 15.0. The summed E-state index contributed by atoms with van der Waals surface area (Å²) in [5, 5.41) is 2.65. The van der Waals surface area contributed by atoms with Crippen molar-refractivity contribution >= 4 is 43.5 Å². The summed E-state index contributed by atoms with van der Waals surface area (Å²) in [7, 11) is -3.57. The zero-order valence-electron chi connectivity index (χ0n) is 10.7. The molecule has 2 N–H and O–H groups in total. The van der Waals surface area contributed by atoms with E-state index < -0.39 is 10.0 Å². The smallest absolute Gasteiger partial charge is 0.240 e. The summed E-state index contributed by atoms with van der Waals surface area (Å²) in [5.74, 6) is 0.282. The van der Waals surface area contributed by atoms with Gasteiger partial charge in [0, 0.05) is 29.9 Å². The van der Waals surface area contributed by atoms with Crippen molar-refractivity contribution in [2.45, 2.75) is 17.7 Å². The van der Waals surface area contributed by atoms with E-state index in [0.29, 0.717) is 18.8 Å². The SMILES string of the molecule is O=C(CCNS(=O)(=O)c1ccc(Br)cc1)NCCCCl. The van der Waals surface area contributed by atoms with Gasteiger partial charge in [-0.2, -0.15) is 0 Å². The molecule has 0 aromatic heterocycles. The largest absolute Gasteiger partial charge is 0.356 e. The molecule has 8 heteroatoms. The highest BCUT2D eigenvalue weighted by Crippen LogP contribution is 2.14. The lowest BCUT2D eigenvalue weighted by Crippen LogP contribution is -2.31. The van der Waals surface area contributed by atoms with Crippen LogP contribution in [0.1, 0.15) is 12.8 Å². The maximum atomic E-state index is 11.9. The molecule has 0 heterocycles. The second-order valence-electron chi connectivity index (χ2n) is 3.99. The van der Waals surface area contributed by atoms with Crippen LogP contribution >= 0.6 is 27.5 Å². The van der Waals surface area contributed by atoms with Gasteiger partial charge in [0.05, 0.1) is 4.90 Å². The van der Waals surface area contributed by atoms with Crippen LogP contribution in [0.25, 0.3) is 0 Å². The van der Waals surface area contributed by atoms with Crippen LogP contribution in [-0.2, 0) is 14.8 Å². The average Bonchev–Trinajstić information content (AvgIpc) is 2.39. The first-order chi connectivity index (χ1) is 9.45. The molecule has 112 valence electrons. The molecule has 0 atom stereocenters. The Kier molecular flexibility index (Phi) is 7.50. The number of alkyl halides is 1. The minimum atomic E-state index is -3.57. The second-order valence-corrected chi connectivity index (χ2v) is 7.05. The minimum absolute atomic E-state index is 0.0606. The van der Waals surface area contributed by atoms with Gasteiger partial charge in [0.2, 0.25) is 15.9 Å². The Morgan fingerprint density at radius 1 is 1.20 bits per heavy atom. The number of benzene rings is 1. The Hall–Kier alpha value is -0.630. The van der Waals surface area contributed by atoms with E-state index >= 15 is 0 Å². The highest BCUT2D eigenvalue weighted by Gasteiger charge is 2.13. The van der Waals surface area contributed by atoms with Crippen LogP contribution in [0.4, 0.5) is 0 Å². The molecule has 0 spiro atoms. The number of nitrogens with one attached hydrogen (secondary N) is 2. The van der Waals surface area contributed by atoms with E-state index in [2.05, 4.69) is 26.0 Å². The standard InChI is InChI=1S/C12H16BrClN2O3S/c13-10-2-4-11(5-3-10)20(18,19)16-9-6-12(17)15-8-1-7-14/h2-5,16H,1,6-9H2,(H,15,17). The Labute approximate surface area is 132 Å². The highest BCUT2D eigenvalue weighted by molar-refractivity contribution is 9.10. The molecule has 0 unspecified atom stereocenters.